The molecule has 0 N–H and O–H groups in total. The van der Waals surface area contributed by atoms with Crippen LogP contribution in [0.25, 0.3) is 0 Å². The van der Waals surface area contributed by atoms with Gasteiger partial charge in [0.1, 0.15) is 0 Å². The van der Waals surface area contributed by atoms with Crippen molar-refractivity contribution in [1.29, 1.82) is 0 Å². The molecule has 2 nitrogen and oxygen atoms in total. The highest BCUT2D eigenvalue weighted by molar-refractivity contribution is 8.00. The first-order chi connectivity index (χ1) is 9.11. The highest BCUT2D eigenvalue weighted by Crippen LogP contribution is 2.23. The van der Waals surface area contributed by atoms with Crippen LogP contribution >= 0.6 is 23.4 Å². The maximum absolute atomic E-state index is 12.5. The van der Waals surface area contributed by atoms with Crippen LogP contribution in [-0.2, 0) is 0 Å². The van der Waals surface area contributed by atoms with Crippen molar-refractivity contribution in [3.63, 3.8) is 0 Å². The van der Waals surface area contributed by atoms with Gasteiger partial charge in [-0.05, 0) is 37.6 Å². The van der Waals surface area contributed by atoms with Gasteiger partial charge in [0.25, 0.3) is 0 Å². The van der Waals surface area contributed by atoms with Gasteiger partial charge in [-0.2, -0.15) is 11.8 Å². The van der Waals surface area contributed by atoms with E-state index in [-0.39, 0.29) is 11.8 Å². The molecule has 1 heterocycles. The Morgan fingerprint density at radius 2 is 2.16 bits per heavy atom. The Morgan fingerprint density at radius 1 is 1.47 bits per heavy atom. The van der Waals surface area contributed by atoms with E-state index in [0.717, 1.165) is 24.4 Å². The monoisotopic (exact) mass is 297 g/mol. The van der Waals surface area contributed by atoms with E-state index in [9.17, 15) is 4.79 Å². The summed E-state index contributed by atoms with van der Waals surface area (Å²) < 4.78 is 0. The van der Waals surface area contributed by atoms with E-state index in [0.29, 0.717) is 10.3 Å². The van der Waals surface area contributed by atoms with Gasteiger partial charge in [-0.3, -0.25) is 9.69 Å². The molecule has 0 radical (unpaired) electrons. The zero-order valence-corrected chi connectivity index (χ0v) is 13.0. The SMILES string of the molecule is CCC1CN(C(C)C(=O)c2ccc(Cl)cc2)CCS1. The average Bonchev–Trinajstić information content (AvgIpc) is 2.46. The predicted molar refractivity (Wildman–Crippen MR) is 83.4 cm³/mol. The molecule has 1 aliphatic heterocycles. The Kier molecular flexibility index (Phi) is 5.31. The normalized spacial score (nSPS) is 22.2. The second-order valence-corrected chi connectivity index (χ2v) is 6.79. The first-order valence-electron chi connectivity index (χ1n) is 6.77. The molecule has 4 heteroatoms. The van der Waals surface area contributed by atoms with E-state index in [1.807, 2.05) is 30.8 Å². The van der Waals surface area contributed by atoms with E-state index in [4.69, 9.17) is 11.6 Å². The van der Waals surface area contributed by atoms with Crippen LogP contribution in [0.3, 0.4) is 0 Å². The number of Topliss-reactive ketones (excluding diaryl/α,β-unsaturated/α-hetero) is 1. The third-order valence-corrected chi connectivity index (χ3v) is 5.31. The van der Waals surface area contributed by atoms with E-state index >= 15 is 0 Å². The van der Waals surface area contributed by atoms with Crippen LogP contribution in [0.15, 0.2) is 24.3 Å². The minimum absolute atomic E-state index is 0.0453. The molecule has 1 aliphatic rings. The minimum atomic E-state index is -0.0453. The predicted octanol–water partition coefficient (Wildman–Crippen LogP) is 3.74. The van der Waals surface area contributed by atoms with Gasteiger partial charge in [0, 0.05) is 34.7 Å². The Hall–Kier alpha value is -0.510. The molecule has 1 aromatic carbocycles. The average molecular weight is 298 g/mol. The Bertz CT molecular complexity index is 434. The summed E-state index contributed by atoms with van der Waals surface area (Å²) in [5, 5.41) is 1.33. The molecule has 2 rings (SSSR count). The molecule has 1 saturated heterocycles. The van der Waals surface area contributed by atoms with E-state index in [1.54, 1.807) is 12.1 Å². The van der Waals surface area contributed by atoms with Crippen molar-refractivity contribution in [2.75, 3.05) is 18.8 Å². The first-order valence-corrected chi connectivity index (χ1v) is 8.20. The Labute approximate surface area is 124 Å². The number of thioether (sulfide) groups is 1. The lowest BCUT2D eigenvalue weighted by Crippen LogP contribution is -2.46. The molecule has 0 aromatic heterocycles. The summed E-state index contributed by atoms with van der Waals surface area (Å²) in [5.41, 5.74) is 0.753. The second kappa shape index (κ2) is 6.78. The van der Waals surface area contributed by atoms with Gasteiger partial charge in [0.15, 0.2) is 5.78 Å². The van der Waals surface area contributed by atoms with Crippen LogP contribution < -0.4 is 0 Å². The third kappa shape index (κ3) is 3.74. The van der Waals surface area contributed by atoms with Crippen molar-refractivity contribution in [1.82, 2.24) is 4.90 Å². The van der Waals surface area contributed by atoms with Crippen molar-refractivity contribution < 1.29 is 4.79 Å². The molecule has 0 bridgehead atoms. The molecule has 0 saturated carbocycles. The summed E-state index contributed by atoms with van der Waals surface area (Å²) in [7, 11) is 0. The number of hydrogen-bond acceptors (Lipinski definition) is 3. The van der Waals surface area contributed by atoms with Crippen LogP contribution in [-0.4, -0.2) is 40.8 Å². The molecule has 0 amide bonds. The summed E-state index contributed by atoms with van der Waals surface area (Å²) in [6.07, 6.45) is 1.17. The summed E-state index contributed by atoms with van der Waals surface area (Å²) in [6.45, 7) is 6.25. The second-order valence-electron chi connectivity index (χ2n) is 4.94. The van der Waals surface area contributed by atoms with E-state index < -0.39 is 0 Å². The molecule has 1 aromatic rings. The lowest BCUT2D eigenvalue weighted by molar-refractivity contribution is 0.0842. The van der Waals surface area contributed by atoms with Crippen molar-refractivity contribution in [2.24, 2.45) is 0 Å². The van der Waals surface area contributed by atoms with Crippen LogP contribution in [0.4, 0.5) is 0 Å². The number of carbonyl (C=O) groups is 1. The van der Waals surface area contributed by atoms with E-state index in [1.165, 1.54) is 6.42 Å². The van der Waals surface area contributed by atoms with Gasteiger partial charge in [-0.25, -0.2) is 0 Å². The highest BCUT2D eigenvalue weighted by Gasteiger charge is 2.27. The molecular formula is C15H20ClNOS. The quantitative estimate of drug-likeness (QED) is 0.790. The zero-order chi connectivity index (χ0) is 13.8. The fourth-order valence-electron chi connectivity index (χ4n) is 2.36. The molecule has 0 aliphatic carbocycles. The number of carbonyl (C=O) groups excluding carboxylic acids is 1. The minimum Gasteiger partial charge on any atom is -0.292 e. The van der Waals surface area contributed by atoms with Crippen molar-refractivity contribution >= 4 is 29.1 Å². The van der Waals surface area contributed by atoms with Crippen molar-refractivity contribution in [3.05, 3.63) is 34.9 Å². The van der Waals surface area contributed by atoms with Crippen LogP contribution in [0.2, 0.25) is 5.02 Å². The van der Waals surface area contributed by atoms with Gasteiger partial charge in [0.05, 0.1) is 6.04 Å². The largest absolute Gasteiger partial charge is 0.292 e. The Morgan fingerprint density at radius 3 is 2.79 bits per heavy atom. The molecular weight excluding hydrogens is 278 g/mol. The zero-order valence-electron chi connectivity index (χ0n) is 11.4. The fraction of sp³-hybridized carbons (Fsp3) is 0.533. The maximum atomic E-state index is 12.5. The summed E-state index contributed by atoms with van der Waals surface area (Å²) >= 11 is 7.88. The van der Waals surface area contributed by atoms with E-state index in [2.05, 4.69) is 11.8 Å². The maximum Gasteiger partial charge on any atom is 0.179 e. The fourth-order valence-corrected chi connectivity index (χ4v) is 3.69. The van der Waals surface area contributed by atoms with Gasteiger partial charge >= 0.3 is 0 Å². The van der Waals surface area contributed by atoms with Gasteiger partial charge in [-0.1, -0.05) is 18.5 Å². The molecule has 2 unspecified atom stereocenters. The summed E-state index contributed by atoms with van der Waals surface area (Å²) in [4.78, 5) is 14.8. The molecule has 19 heavy (non-hydrogen) atoms. The smallest absolute Gasteiger partial charge is 0.179 e. The number of hydrogen-bond donors (Lipinski definition) is 0. The molecule has 2 atom stereocenters. The van der Waals surface area contributed by atoms with Crippen molar-refractivity contribution in [3.8, 4) is 0 Å². The molecule has 0 spiro atoms. The number of rotatable bonds is 4. The number of benzene rings is 1. The standard InChI is InChI=1S/C15H20ClNOS/c1-3-14-10-17(8-9-19-14)11(2)15(18)12-4-6-13(16)7-5-12/h4-7,11,14H,3,8-10H2,1-2H3. The lowest BCUT2D eigenvalue weighted by atomic mass is 10.0. The molecule has 1 fully saturated rings. The van der Waals surface area contributed by atoms with Gasteiger partial charge in [-0.15, -0.1) is 0 Å². The summed E-state index contributed by atoms with van der Waals surface area (Å²) in [6, 6.07) is 7.15. The number of halogens is 1. The van der Waals surface area contributed by atoms with Gasteiger partial charge in [0.2, 0.25) is 0 Å². The van der Waals surface area contributed by atoms with Crippen LogP contribution in [0.5, 0.6) is 0 Å². The highest BCUT2D eigenvalue weighted by atomic mass is 35.5. The lowest BCUT2D eigenvalue weighted by Gasteiger charge is -2.35. The third-order valence-electron chi connectivity index (χ3n) is 3.68. The number of ketones is 1. The van der Waals surface area contributed by atoms with Crippen LogP contribution in [0.1, 0.15) is 30.6 Å². The molecule has 104 valence electrons. The van der Waals surface area contributed by atoms with Crippen LogP contribution in [0, 0.1) is 0 Å². The first kappa shape index (κ1) is 14.9. The topological polar surface area (TPSA) is 20.3 Å². The van der Waals surface area contributed by atoms with Gasteiger partial charge < -0.3 is 0 Å². The number of nitrogens with zero attached hydrogens (tertiary/aromatic N) is 1. The van der Waals surface area contributed by atoms with Crippen molar-refractivity contribution in [2.45, 2.75) is 31.6 Å². The summed E-state index contributed by atoms with van der Waals surface area (Å²) in [5.74, 6) is 1.31. The Balaban J connectivity index is 2.04.